The number of hydrogen-bond donors (Lipinski definition) is 2. The van der Waals surface area contributed by atoms with E-state index >= 15 is 0 Å². The van der Waals surface area contributed by atoms with E-state index in [9.17, 15) is 9.59 Å². The van der Waals surface area contributed by atoms with Crippen LogP contribution >= 0.6 is 0 Å². The normalized spacial score (nSPS) is 10.3. The Kier molecular flexibility index (Phi) is 3.74. The summed E-state index contributed by atoms with van der Waals surface area (Å²) in [6.07, 6.45) is 1.35. The molecule has 2 heterocycles. The maximum Gasteiger partial charge on any atom is 0.339 e. The Balaban J connectivity index is 2.28. The van der Waals surface area contributed by atoms with Crippen LogP contribution in [0.1, 0.15) is 33.5 Å². The van der Waals surface area contributed by atoms with E-state index in [4.69, 9.17) is 5.11 Å². The second-order valence-corrected chi connectivity index (χ2v) is 4.01. The van der Waals surface area contributed by atoms with E-state index in [2.05, 4.69) is 20.6 Å². The molecule has 20 heavy (non-hydrogen) atoms. The molecule has 0 saturated carbocycles. The standard InChI is InChI=1S/C12H13N5O3/c1-3-13-11(18)9-4-5-10(15-14-9)17-6-8(12(19)20)7(2)16-17/h4-6H,3H2,1-2H3,(H,13,18)(H,19,20). The number of aryl methyl sites for hydroxylation is 1. The molecule has 0 aliphatic carbocycles. The number of aromatic carboxylic acids is 1. The fourth-order valence-electron chi connectivity index (χ4n) is 1.61. The monoisotopic (exact) mass is 275 g/mol. The first-order chi connectivity index (χ1) is 9.52. The van der Waals surface area contributed by atoms with Gasteiger partial charge in [0.05, 0.1) is 5.69 Å². The Labute approximate surface area is 114 Å². The van der Waals surface area contributed by atoms with Gasteiger partial charge in [-0.05, 0) is 26.0 Å². The number of carboxylic acids is 1. The number of hydrogen-bond acceptors (Lipinski definition) is 5. The second kappa shape index (κ2) is 5.47. The molecule has 0 atom stereocenters. The number of rotatable bonds is 4. The van der Waals surface area contributed by atoms with Gasteiger partial charge in [0.2, 0.25) is 0 Å². The number of nitrogens with zero attached hydrogens (tertiary/aromatic N) is 4. The highest BCUT2D eigenvalue weighted by molar-refractivity contribution is 5.92. The minimum atomic E-state index is -1.05. The molecular formula is C12H13N5O3. The van der Waals surface area contributed by atoms with E-state index in [1.54, 1.807) is 19.9 Å². The molecule has 2 N–H and O–H groups in total. The molecule has 0 aliphatic heterocycles. The van der Waals surface area contributed by atoms with E-state index in [1.165, 1.54) is 16.9 Å². The number of aromatic nitrogens is 4. The van der Waals surface area contributed by atoms with Gasteiger partial charge in [0, 0.05) is 12.7 Å². The van der Waals surface area contributed by atoms with Crippen molar-refractivity contribution in [3.63, 3.8) is 0 Å². The van der Waals surface area contributed by atoms with Gasteiger partial charge in [-0.1, -0.05) is 0 Å². The van der Waals surface area contributed by atoms with Crippen molar-refractivity contribution in [2.24, 2.45) is 0 Å². The highest BCUT2D eigenvalue weighted by Gasteiger charge is 2.14. The first kappa shape index (κ1) is 13.7. The molecule has 0 radical (unpaired) electrons. The summed E-state index contributed by atoms with van der Waals surface area (Å²) in [6, 6.07) is 3.06. The van der Waals surface area contributed by atoms with Crippen LogP contribution in [0.2, 0.25) is 0 Å². The van der Waals surface area contributed by atoms with Gasteiger partial charge >= 0.3 is 5.97 Å². The van der Waals surface area contributed by atoms with Crippen LogP contribution in [0.25, 0.3) is 5.82 Å². The maximum absolute atomic E-state index is 11.5. The van der Waals surface area contributed by atoms with Crippen LogP contribution < -0.4 is 5.32 Å². The van der Waals surface area contributed by atoms with Crippen LogP contribution in [0.3, 0.4) is 0 Å². The molecule has 104 valence electrons. The quantitative estimate of drug-likeness (QED) is 0.836. The Morgan fingerprint density at radius 1 is 1.35 bits per heavy atom. The summed E-state index contributed by atoms with van der Waals surface area (Å²) < 4.78 is 1.31. The lowest BCUT2D eigenvalue weighted by molar-refractivity contribution is 0.0696. The third kappa shape index (κ3) is 2.63. The fraction of sp³-hybridized carbons (Fsp3) is 0.250. The summed E-state index contributed by atoms with van der Waals surface area (Å²) in [5.41, 5.74) is 0.671. The zero-order valence-electron chi connectivity index (χ0n) is 11.0. The number of amides is 1. The minimum absolute atomic E-state index is 0.0969. The summed E-state index contributed by atoms with van der Waals surface area (Å²) in [6.45, 7) is 3.90. The molecule has 0 aliphatic rings. The molecule has 8 nitrogen and oxygen atoms in total. The average molecular weight is 275 g/mol. The third-order valence-electron chi connectivity index (χ3n) is 2.58. The largest absolute Gasteiger partial charge is 0.478 e. The van der Waals surface area contributed by atoms with Crippen molar-refractivity contribution >= 4 is 11.9 Å². The van der Waals surface area contributed by atoms with E-state index in [-0.39, 0.29) is 17.2 Å². The van der Waals surface area contributed by atoms with Crippen LogP contribution in [0.15, 0.2) is 18.3 Å². The Bertz CT molecular complexity index is 648. The molecule has 2 aromatic rings. The molecule has 2 aromatic heterocycles. The summed E-state index contributed by atoms with van der Waals surface area (Å²) >= 11 is 0. The lowest BCUT2D eigenvalue weighted by atomic mass is 10.3. The third-order valence-corrected chi connectivity index (χ3v) is 2.58. The van der Waals surface area contributed by atoms with Crippen molar-refractivity contribution in [3.05, 3.63) is 35.3 Å². The predicted octanol–water partition coefficient (Wildman–Crippen LogP) is 0.419. The highest BCUT2D eigenvalue weighted by Crippen LogP contribution is 2.09. The summed E-state index contributed by atoms with van der Waals surface area (Å²) in [7, 11) is 0. The topological polar surface area (TPSA) is 110 Å². The Morgan fingerprint density at radius 3 is 2.60 bits per heavy atom. The van der Waals surface area contributed by atoms with E-state index < -0.39 is 5.97 Å². The summed E-state index contributed by atoms with van der Waals surface area (Å²) in [5, 5.41) is 23.3. The molecule has 0 fully saturated rings. The SMILES string of the molecule is CCNC(=O)c1ccc(-n2cc(C(=O)O)c(C)n2)nn1. The van der Waals surface area contributed by atoms with Gasteiger partial charge in [0.1, 0.15) is 5.56 Å². The van der Waals surface area contributed by atoms with Crippen molar-refractivity contribution in [1.82, 2.24) is 25.3 Å². The van der Waals surface area contributed by atoms with Crippen LogP contribution in [-0.2, 0) is 0 Å². The zero-order valence-corrected chi connectivity index (χ0v) is 11.0. The first-order valence-electron chi connectivity index (χ1n) is 5.94. The Hall–Kier alpha value is -2.77. The van der Waals surface area contributed by atoms with Crippen molar-refractivity contribution in [1.29, 1.82) is 0 Å². The lowest BCUT2D eigenvalue weighted by Crippen LogP contribution is -2.24. The van der Waals surface area contributed by atoms with Gasteiger partial charge in [-0.15, -0.1) is 10.2 Å². The molecule has 2 rings (SSSR count). The molecule has 0 bridgehead atoms. The van der Waals surface area contributed by atoms with Gasteiger partial charge in [0.15, 0.2) is 11.5 Å². The van der Waals surface area contributed by atoms with Crippen LogP contribution in [0, 0.1) is 6.92 Å². The fourth-order valence-corrected chi connectivity index (χ4v) is 1.61. The van der Waals surface area contributed by atoms with E-state index in [0.717, 1.165) is 0 Å². The average Bonchev–Trinajstić information content (AvgIpc) is 2.81. The maximum atomic E-state index is 11.5. The molecule has 0 spiro atoms. The molecule has 0 unspecified atom stereocenters. The Morgan fingerprint density at radius 2 is 2.10 bits per heavy atom. The summed E-state index contributed by atoms with van der Waals surface area (Å²) in [5.74, 6) is -1.02. The number of nitrogens with one attached hydrogen (secondary N) is 1. The van der Waals surface area contributed by atoms with Crippen molar-refractivity contribution in [2.75, 3.05) is 6.54 Å². The van der Waals surface area contributed by atoms with E-state index in [0.29, 0.717) is 18.1 Å². The first-order valence-corrected chi connectivity index (χ1v) is 5.94. The van der Waals surface area contributed by atoms with Crippen molar-refractivity contribution < 1.29 is 14.7 Å². The van der Waals surface area contributed by atoms with Gasteiger partial charge in [-0.3, -0.25) is 4.79 Å². The number of carbonyl (C=O) groups excluding carboxylic acids is 1. The van der Waals surface area contributed by atoms with Gasteiger partial charge < -0.3 is 10.4 Å². The molecule has 0 aromatic carbocycles. The molecule has 8 heteroatoms. The minimum Gasteiger partial charge on any atom is -0.478 e. The van der Waals surface area contributed by atoms with Crippen LogP contribution in [-0.4, -0.2) is 43.5 Å². The van der Waals surface area contributed by atoms with Gasteiger partial charge in [-0.25, -0.2) is 9.48 Å². The highest BCUT2D eigenvalue weighted by atomic mass is 16.4. The van der Waals surface area contributed by atoms with Crippen molar-refractivity contribution in [2.45, 2.75) is 13.8 Å². The lowest BCUT2D eigenvalue weighted by Gasteiger charge is -2.02. The molecule has 1 amide bonds. The number of carboxylic acid groups (broad SMARTS) is 1. The predicted molar refractivity (Wildman–Crippen MR) is 68.9 cm³/mol. The van der Waals surface area contributed by atoms with Crippen LogP contribution in [0.5, 0.6) is 0 Å². The van der Waals surface area contributed by atoms with Gasteiger partial charge in [-0.2, -0.15) is 5.10 Å². The van der Waals surface area contributed by atoms with Crippen LogP contribution in [0.4, 0.5) is 0 Å². The summed E-state index contributed by atoms with van der Waals surface area (Å²) in [4.78, 5) is 22.5. The molecule has 0 saturated heterocycles. The van der Waals surface area contributed by atoms with E-state index in [1.807, 2.05) is 0 Å². The second-order valence-electron chi connectivity index (χ2n) is 4.01. The smallest absolute Gasteiger partial charge is 0.339 e. The number of carbonyl (C=O) groups is 2. The van der Waals surface area contributed by atoms with Crippen molar-refractivity contribution in [3.8, 4) is 5.82 Å². The molecular weight excluding hydrogens is 262 g/mol. The zero-order chi connectivity index (χ0) is 14.7. The van der Waals surface area contributed by atoms with Gasteiger partial charge in [0.25, 0.3) is 5.91 Å².